The number of hydrogen-bond donors (Lipinski definition) is 0. The summed E-state index contributed by atoms with van der Waals surface area (Å²) in [5.41, 5.74) is -0.566. The Hall–Kier alpha value is -1.85. The molecule has 0 fully saturated rings. The monoisotopic (exact) mass is 266 g/mol. The zero-order valence-corrected chi connectivity index (χ0v) is 12.1. The quantitative estimate of drug-likeness (QED) is 0.571. The molecule has 0 bridgehead atoms. The first-order valence-electron chi connectivity index (χ1n) is 6.56. The molecule has 0 atom stereocenters. The molecule has 0 aliphatic heterocycles. The van der Waals surface area contributed by atoms with Gasteiger partial charge in [-0.2, -0.15) is 0 Å². The van der Waals surface area contributed by atoms with Crippen LogP contribution in [0.25, 0.3) is 0 Å². The smallest absolute Gasteiger partial charge is 0.332 e. The molecule has 6 nitrogen and oxygen atoms in total. The summed E-state index contributed by atoms with van der Waals surface area (Å²) in [4.78, 5) is 30.1. The van der Waals surface area contributed by atoms with Gasteiger partial charge in [0.25, 0.3) is 5.56 Å². The van der Waals surface area contributed by atoms with Crippen molar-refractivity contribution < 1.29 is 0 Å². The number of unbranched alkanes of at least 4 members (excludes halogenated alkanes) is 1. The Morgan fingerprint density at radius 2 is 1.95 bits per heavy atom. The molecular weight excluding hydrogens is 244 g/mol. The van der Waals surface area contributed by atoms with Gasteiger partial charge in [-0.05, 0) is 13.3 Å². The highest BCUT2D eigenvalue weighted by molar-refractivity contribution is 5.58. The molecule has 1 aromatic rings. The van der Waals surface area contributed by atoms with Crippen molar-refractivity contribution in [3.8, 4) is 0 Å². The van der Waals surface area contributed by atoms with Gasteiger partial charge in [-0.25, -0.2) is 9.79 Å². The van der Waals surface area contributed by atoms with Gasteiger partial charge in [0.2, 0.25) is 0 Å². The maximum Gasteiger partial charge on any atom is 0.332 e. The number of aliphatic imine (C=N–C) groups is 1. The van der Waals surface area contributed by atoms with Gasteiger partial charge in [-0.3, -0.25) is 13.9 Å². The summed E-state index contributed by atoms with van der Waals surface area (Å²) in [6, 6.07) is 1.42. The van der Waals surface area contributed by atoms with Crippen LogP contribution in [0.2, 0.25) is 0 Å². The molecule has 0 amide bonds. The summed E-state index contributed by atoms with van der Waals surface area (Å²) in [6.07, 6.45) is 3.34. The SMILES string of the molecule is CCCCn1c(=O)cc(N=CN(C)C)n(CC)c1=O. The lowest BCUT2D eigenvalue weighted by Gasteiger charge is -2.11. The molecule has 0 spiro atoms. The molecule has 0 aliphatic rings. The van der Waals surface area contributed by atoms with Crippen LogP contribution in [-0.2, 0) is 13.1 Å². The standard InChI is InChI=1S/C13H22N4O2/c1-5-7-8-17-12(18)9-11(14-10-15(3)4)16(6-2)13(17)19/h9-10H,5-8H2,1-4H3. The predicted molar refractivity (Wildman–Crippen MR) is 77.4 cm³/mol. The van der Waals surface area contributed by atoms with Crippen LogP contribution in [0, 0.1) is 0 Å². The van der Waals surface area contributed by atoms with Gasteiger partial charge in [0.05, 0.1) is 6.34 Å². The van der Waals surface area contributed by atoms with Crippen LogP contribution in [0.3, 0.4) is 0 Å². The number of aromatic nitrogens is 2. The van der Waals surface area contributed by atoms with Gasteiger partial charge >= 0.3 is 5.69 Å². The van der Waals surface area contributed by atoms with E-state index in [1.54, 1.807) is 11.2 Å². The van der Waals surface area contributed by atoms with E-state index >= 15 is 0 Å². The topological polar surface area (TPSA) is 59.6 Å². The zero-order chi connectivity index (χ0) is 14.4. The van der Waals surface area contributed by atoms with Crippen LogP contribution in [0.4, 0.5) is 5.82 Å². The first kappa shape index (κ1) is 15.2. The molecule has 0 aromatic carbocycles. The van der Waals surface area contributed by atoms with E-state index in [2.05, 4.69) is 4.99 Å². The van der Waals surface area contributed by atoms with Crippen LogP contribution in [0.15, 0.2) is 20.6 Å². The minimum absolute atomic E-state index is 0.283. The van der Waals surface area contributed by atoms with Crippen molar-refractivity contribution in [2.45, 2.75) is 39.8 Å². The number of nitrogens with zero attached hydrogens (tertiary/aromatic N) is 4. The molecule has 0 aliphatic carbocycles. The molecule has 6 heteroatoms. The molecule has 19 heavy (non-hydrogen) atoms. The van der Waals surface area contributed by atoms with Crippen molar-refractivity contribution in [1.29, 1.82) is 0 Å². The molecule has 0 radical (unpaired) electrons. The maximum absolute atomic E-state index is 12.2. The Kier molecular flexibility index (Phi) is 5.54. The highest BCUT2D eigenvalue weighted by Gasteiger charge is 2.09. The van der Waals surface area contributed by atoms with E-state index in [0.29, 0.717) is 18.9 Å². The van der Waals surface area contributed by atoms with E-state index in [9.17, 15) is 9.59 Å². The fourth-order valence-electron chi connectivity index (χ4n) is 1.71. The molecular formula is C13H22N4O2. The zero-order valence-electron chi connectivity index (χ0n) is 12.1. The second-order valence-corrected chi connectivity index (χ2v) is 4.58. The molecule has 1 rings (SSSR count). The summed E-state index contributed by atoms with van der Waals surface area (Å²) in [6.45, 7) is 4.85. The predicted octanol–water partition coefficient (Wildman–Crippen LogP) is 1.05. The average Bonchev–Trinajstić information content (AvgIpc) is 2.36. The van der Waals surface area contributed by atoms with Crippen LogP contribution in [0.1, 0.15) is 26.7 Å². The second-order valence-electron chi connectivity index (χ2n) is 4.58. The fourth-order valence-corrected chi connectivity index (χ4v) is 1.71. The van der Waals surface area contributed by atoms with E-state index in [1.807, 2.05) is 27.9 Å². The fraction of sp³-hybridized carbons (Fsp3) is 0.615. The van der Waals surface area contributed by atoms with Crippen LogP contribution in [0.5, 0.6) is 0 Å². The third kappa shape index (κ3) is 3.81. The van der Waals surface area contributed by atoms with E-state index in [1.165, 1.54) is 15.2 Å². The van der Waals surface area contributed by atoms with Gasteiger partial charge < -0.3 is 4.90 Å². The van der Waals surface area contributed by atoms with Crippen molar-refractivity contribution >= 4 is 12.2 Å². The first-order valence-corrected chi connectivity index (χ1v) is 6.56. The Bertz CT molecular complexity index is 555. The summed E-state index contributed by atoms with van der Waals surface area (Å²) in [7, 11) is 3.67. The van der Waals surface area contributed by atoms with Crippen molar-refractivity contribution in [2.24, 2.45) is 4.99 Å². The molecule has 0 saturated carbocycles. The minimum atomic E-state index is -0.283. The number of rotatable bonds is 6. The van der Waals surface area contributed by atoms with Gasteiger partial charge in [0, 0.05) is 33.3 Å². The van der Waals surface area contributed by atoms with E-state index < -0.39 is 0 Å². The van der Waals surface area contributed by atoms with Crippen molar-refractivity contribution in [1.82, 2.24) is 14.0 Å². The Morgan fingerprint density at radius 3 is 2.47 bits per heavy atom. The Morgan fingerprint density at radius 1 is 1.26 bits per heavy atom. The number of hydrogen-bond acceptors (Lipinski definition) is 3. The lowest BCUT2D eigenvalue weighted by atomic mass is 10.3. The second kappa shape index (κ2) is 6.92. The minimum Gasteiger partial charge on any atom is -0.369 e. The largest absolute Gasteiger partial charge is 0.369 e. The van der Waals surface area contributed by atoms with Gasteiger partial charge in [-0.1, -0.05) is 13.3 Å². The van der Waals surface area contributed by atoms with Crippen molar-refractivity contribution in [3.63, 3.8) is 0 Å². The molecule has 0 N–H and O–H groups in total. The maximum atomic E-state index is 12.2. The van der Waals surface area contributed by atoms with Gasteiger partial charge in [-0.15, -0.1) is 0 Å². The summed E-state index contributed by atoms with van der Waals surface area (Å²) >= 11 is 0. The molecule has 0 unspecified atom stereocenters. The lowest BCUT2D eigenvalue weighted by molar-refractivity contribution is 0.542. The third-order valence-corrected chi connectivity index (χ3v) is 2.73. The summed E-state index contributed by atoms with van der Waals surface area (Å²) < 4.78 is 2.79. The van der Waals surface area contributed by atoms with Gasteiger partial charge in [0.15, 0.2) is 0 Å². The molecule has 106 valence electrons. The van der Waals surface area contributed by atoms with Gasteiger partial charge in [0.1, 0.15) is 5.82 Å². The van der Waals surface area contributed by atoms with Crippen molar-refractivity contribution in [3.05, 3.63) is 26.9 Å². The van der Waals surface area contributed by atoms with Crippen molar-refractivity contribution in [2.75, 3.05) is 14.1 Å². The highest BCUT2D eigenvalue weighted by atomic mass is 16.2. The van der Waals surface area contributed by atoms with Crippen LogP contribution < -0.4 is 11.2 Å². The average molecular weight is 266 g/mol. The Balaban J connectivity index is 3.30. The molecule has 0 saturated heterocycles. The van der Waals surface area contributed by atoms with Crippen LogP contribution in [-0.4, -0.2) is 34.5 Å². The van der Waals surface area contributed by atoms with E-state index in [0.717, 1.165) is 12.8 Å². The van der Waals surface area contributed by atoms with E-state index in [-0.39, 0.29) is 11.2 Å². The highest BCUT2D eigenvalue weighted by Crippen LogP contribution is 2.05. The summed E-state index contributed by atoms with van der Waals surface area (Å²) in [5, 5.41) is 0. The van der Waals surface area contributed by atoms with E-state index in [4.69, 9.17) is 0 Å². The first-order chi connectivity index (χ1) is 9.01. The van der Waals surface area contributed by atoms with Crippen LogP contribution >= 0.6 is 0 Å². The Labute approximate surface area is 113 Å². The lowest BCUT2D eigenvalue weighted by Crippen LogP contribution is -2.39. The molecule has 1 heterocycles. The normalized spacial score (nSPS) is 11.2. The summed E-state index contributed by atoms with van der Waals surface area (Å²) in [5.74, 6) is 0.402. The molecule has 1 aromatic heterocycles. The third-order valence-electron chi connectivity index (χ3n) is 2.73.